The Hall–Kier alpha value is -4.68. The standard InChI is InChI=1S/C40H51F4N5O9S/c1-22-9-7-8-10-25-19-40(25,35(52)47-59(55,56)39(21-41)13-14-39)46-32(50)29-18-27(58-33-28-12-11-26(42)16-24(28)17-30(45-33)57-6)20-48(29)34(51)31(23(2)15-22)49(36(53)54)37(3,4)38(5,43)44/h8,10-12,16-17,22-23,25,27,29,31H,7,9,13-15,18-21H2,1-6H3,(H,46,50)(H,47,52)(H,53,54)/b10-8-/t22-,23-,25-,27-,29+,31+,40-/m1/s1. The number of ether oxygens (including phenoxy) is 2. The van der Waals surface area contributed by atoms with E-state index >= 15 is 13.6 Å². The van der Waals surface area contributed by atoms with E-state index in [0.717, 1.165) is 18.7 Å². The van der Waals surface area contributed by atoms with Crippen LogP contribution in [-0.2, 0) is 24.4 Å². The van der Waals surface area contributed by atoms with Gasteiger partial charge in [0.15, 0.2) is 0 Å². The smallest absolute Gasteiger partial charge is 0.408 e. The Kier molecular flexibility index (Phi) is 11.7. The number of allylic oxidation sites excluding steroid dienone is 1. The minimum atomic E-state index is -4.50. The maximum atomic E-state index is 15.4. The Morgan fingerprint density at radius 2 is 1.83 bits per heavy atom. The zero-order chi connectivity index (χ0) is 43.5. The average molecular weight is 854 g/mol. The molecule has 7 atom stereocenters. The van der Waals surface area contributed by atoms with Crippen LogP contribution >= 0.6 is 0 Å². The molecule has 0 spiro atoms. The summed E-state index contributed by atoms with van der Waals surface area (Å²) in [4.78, 5) is 62.6. The molecule has 1 aromatic carbocycles. The lowest BCUT2D eigenvalue weighted by Crippen LogP contribution is -2.66. The van der Waals surface area contributed by atoms with Crippen LogP contribution in [0, 0.1) is 23.6 Å². The van der Waals surface area contributed by atoms with Crippen LogP contribution in [0.1, 0.15) is 79.6 Å². The Balaban J connectivity index is 1.44. The quantitative estimate of drug-likeness (QED) is 0.208. The van der Waals surface area contributed by atoms with Gasteiger partial charge < -0.3 is 24.8 Å². The number of hydrogen-bond donors (Lipinski definition) is 3. The second-order valence-electron chi connectivity index (χ2n) is 17.2. The lowest BCUT2D eigenvalue weighted by atomic mass is 9.84. The van der Waals surface area contributed by atoms with Crippen LogP contribution in [0.4, 0.5) is 22.4 Å². The number of methoxy groups -OCH3 is 1. The van der Waals surface area contributed by atoms with E-state index in [0.29, 0.717) is 35.4 Å². The molecular formula is C40H51F4N5O9S. The van der Waals surface area contributed by atoms with Crippen LogP contribution in [0.25, 0.3) is 10.8 Å². The Morgan fingerprint density at radius 1 is 1.14 bits per heavy atom. The molecule has 59 heavy (non-hydrogen) atoms. The Morgan fingerprint density at radius 3 is 2.44 bits per heavy atom. The number of carboxylic acid groups (broad SMARTS) is 1. The van der Waals surface area contributed by atoms with Crippen molar-refractivity contribution in [3.63, 3.8) is 0 Å². The van der Waals surface area contributed by atoms with Crippen molar-refractivity contribution >= 4 is 44.6 Å². The van der Waals surface area contributed by atoms with Gasteiger partial charge in [-0.3, -0.25) is 24.0 Å². The van der Waals surface area contributed by atoms with Gasteiger partial charge >= 0.3 is 6.09 Å². The summed E-state index contributed by atoms with van der Waals surface area (Å²) in [6, 6.07) is 2.05. The topological polar surface area (TPSA) is 185 Å². The third-order valence-corrected chi connectivity index (χ3v) is 14.7. The van der Waals surface area contributed by atoms with Crippen molar-refractivity contribution in [1.82, 2.24) is 24.8 Å². The van der Waals surface area contributed by atoms with Crippen LogP contribution < -0.4 is 19.5 Å². The van der Waals surface area contributed by atoms with Crippen LogP contribution in [0.3, 0.4) is 0 Å². The van der Waals surface area contributed by atoms with Gasteiger partial charge in [-0.25, -0.2) is 30.8 Å². The molecule has 2 aromatic rings. The van der Waals surface area contributed by atoms with Gasteiger partial charge in [0.1, 0.15) is 46.5 Å². The highest BCUT2D eigenvalue weighted by Gasteiger charge is 2.64. The molecule has 0 radical (unpaired) electrons. The van der Waals surface area contributed by atoms with Gasteiger partial charge in [0.2, 0.25) is 33.6 Å². The predicted octanol–water partition coefficient (Wildman–Crippen LogP) is 5.35. The lowest BCUT2D eigenvalue weighted by Gasteiger charge is -2.47. The summed E-state index contributed by atoms with van der Waals surface area (Å²) in [7, 11) is -3.16. The molecule has 2 aliphatic heterocycles. The van der Waals surface area contributed by atoms with Crippen LogP contribution in [0.5, 0.6) is 11.8 Å². The highest BCUT2D eigenvalue weighted by molar-refractivity contribution is 7.91. The molecule has 0 unspecified atom stereocenters. The van der Waals surface area contributed by atoms with Crippen LogP contribution in [0.15, 0.2) is 36.4 Å². The maximum absolute atomic E-state index is 15.4. The van der Waals surface area contributed by atoms with Gasteiger partial charge in [-0.15, -0.1) is 0 Å². The fourth-order valence-electron chi connectivity index (χ4n) is 8.34. The lowest BCUT2D eigenvalue weighted by molar-refractivity contribution is -0.156. The summed E-state index contributed by atoms with van der Waals surface area (Å²) >= 11 is 0. The summed E-state index contributed by atoms with van der Waals surface area (Å²) in [6.07, 6.45) is 1.52. The molecule has 324 valence electrons. The molecule has 4 aliphatic rings. The van der Waals surface area contributed by atoms with Gasteiger partial charge in [-0.05, 0) is 87.8 Å². The van der Waals surface area contributed by atoms with E-state index in [9.17, 15) is 36.7 Å². The van der Waals surface area contributed by atoms with Crippen molar-refractivity contribution in [2.24, 2.45) is 17.8 Å². The number of benzene rings is 1. The fraction of sp³-hybridized carbons (Fsp3) is 0.625. The molecule has 14 nitrogen and oxygen atoms in total. The highest BCUT2D eigenvalue weighted by Crippen LogP contribution is 2.48. The number of hydrogen-bond acceptors (Lipinski definition) is 9. The molecular weight excluding hydrogens is 803 g/mol. The van der Waals surface area contributed by atoms with E-state index in [1.54, 1.807) is 19.1 Å². The average Bonchev–Trinajstić information content (AvgIpc) is 4.05. The number of nitrogens with zero attached hydrogens (tertiary/aromatic N) is 3. The van der Waals surface area contributed by atoms with E-state index < -0.39 is 98.1 Å². The molecule has 2 aliphatic carbocycles. The predicted molar refractivity (Wildman–Crippen MR) is 206 cm³/mol. The maximum Gasteiger partial charge on any atom is 0.408 e. The molecule has 6 rings (SSSR count). The third-order valence-electron chi connectivity index (χ3n) is 12.6. The summed E-state index contributed by atoms with van der Waals surface area (Å²) in [5.41, 5.74) is -4.25. The zero-order valence-electron chi connectivity index (χ0n) is 33.8. The first kappa shape index (κ1) is 43.9. The number of sulfonamides is 1. The van der Waals surface area contributed by atoms with E-state index in [1.807, 2.05) is 11.6 Å². The number of aromatic nitrogens is 1. The molecule has 3 N–H and O–H groups in total. The molecule has 4 amide bonds. The Bertz CT molecular complexity index is 2150. The molecule has 3 fully saturated rings. The van der Waals surface area contributed by atoms with Crippen molar-refractivity contribution in [2.75, 3.05) is 20.3 Å². The SMILES string of the molecule is COc1cc2cc(F)ccc2c(O[C@@H]2C[C@H]3C(=O)N[C@]4(C(=O)NS(=O)(=O)C5(CF)CC5)C[C@H]4/C=C\CC[C@@H](C)C[C@@H](C)[C@H](N(C(=O)O)C(C)(C)C(C)(F)F)C(=O)N3C2)n1. The minimum Gasteiger partial charge on any atom is -0.481 e. The van der Waals surface area contributed by atoms with Crippen molar-refractivity contribution in [2.45, 2.75) is 119 Å². The zero-order valence-corrected chi connectivity index (χ0v) is 34.6. The molecule has 1 aromatic heterocycles. The molecule has 2 saturated carbocycles. The first-order valence-electron chi connectivity index (χ1n) is 19.6. The summed E-state index contributed by atoms with van der Waals surface area (Å²) in [6.45, 7) is 4.47. The summed E-state index contributed by atoms with van der Waals surface area (Å²) in [5.74, 6) is -8.88. The van der Waals surface area contributed by atoms with Gasteiger partial charge in [0.05, 0.1) is 13.7 Å². The number of rotatable bonds is 10. The second-order valence-corrected chi connectivity index (χ2v) is 19.3. The van der Waals surface area contributed by atoms with E-state index in [-0.39, 0.29) is 56.3 Å². The molecule has 19 heteroatoms. The highest BCUT2D eigenvalue weighted by atomic mass is 32.2. The fourth-order valence-corrected chi connectivity index (χ4v) is 9.76. The largest absolute Gasteiger partial charge is 0.481 e. The van der Waals surface area contributed by atoms with Crippen LogP contribution in [0.2, 0.25) is 0 Å². The number of fused-ring (bicyclic) bond motifs is 3. The molecule has 1 saturated heterocycles. The molecule has 3 heterocycles. The number of amides is 4. The number of halogens is 4. The number of alkyl halides is 3. The molecule has 0 bridgehead atoms. The van der Waals surface area contributed by atoms with Gasteiger partial charge in [-0.1, -0.05) is 26.0 Å². The van der Waals surface area contributed by atoms with Gasteiger partial charge in [0.25, 0.3) is 11.8 Å². The number of nitrogens with one attached hydrogen (secondary N) is 2. The Labute approximate surface area is 340 Å². The van der Waals surface area contributed by atoms with Crippen molar-refractivity contribution < 1.29 is 59.7 Å². The first-order chi connectivity index (χ1) is 27.5. The number of carbonyl (C=O) groups is 4. The van der Waals surface area contributed by atoms with E-state index in [2.05, 4.69) is 10.3 Å². The normalized spacial score (nSPS) is 29.2. The number of pyridine rings is 1. The van der Waals surface area contributed by atoms with Crippen molar-refractivity contribution in [3.8, 4) is 11.8 Å². The van der Waals surface area contributed by atoms with Gasteiger partial charge in [-0.2, -0.15) is 4.98 Å². The van der Waals surface area contributed by atoms with Crippen molar-refractivity contribution in [3.05, 3.63) is 42.2 Å². The summed E-state index contributed by atoms with van der Waals surface area (Å²) in [5, 5.41) is 14.0. The van der Waals surface area contributed by atoms with Gasteiger partial charge in [0, 0.05) is 30.7 Å². The van der Waals surface area contributed by atoms with Crippen molar-refractivity contribution in [1.29, 1.82) is 0 Å². The van der Waals surface area contributed by atoms with Crippen LogP contribution in [-0.4, -0.2) is 112 Å². The number of carbonyl (C=O) groups excluding carboxylic acids is 3. The third kappa shape index (κ3) is 8.27. The second kappa shape index (κ2) is 15.7. The van der Waals surface area contributed by atoms with E-state index in [4.69, 9.17) is 9.47 Å². The first-order valence-corrected chi connectivity index (χ1v) is 21.1. The monoisotopic (exact) mass is 853 g/mol. The minimum absolute atomic E-state index is 0.00755. The van der Waals surface area contributed by atoms with E-state index in [1.165, 1.54) is 31.4 Å². The summed E-state index contributed by atoms with van der Waals surface area (Å²) < 4.78 is 97.1.